The molecule has 0 radical (unpaired) electrons. The predicted molar refractivity (Wildman–Crippen MR) is 125 cm³/mol. The highest BCUT2D eigenvalue weighted by Gasteiger charge is 2.19. The van der Waals surface area contributed by atoms with Crippen LogP contribution in [-0.4, -0.2) is 48.1 Å². The first-order valence-corrected chi connectivity index (χ1v) is 11.1. The van der Waals surface area contributed by atoms with E-state index >= 15 is 0 Å². The zero-order valence-corrected chi connectivity index (χ0v) is 19.2. The molecule has 4 rings (SSSR count). The molecular weight excluding hydrogens is 447 g/mol. The number of carbonyl (C=O) groups excluding carboxylic acids is 1. The predicted octanol–water partition coefficient (Wildman–Crippen LogP) is 4.60. The lowest BCUT2D eigenvalue weighted by Crippen LogP contribution is -2.12. The number of esters is 1. The van der Waals surface area contributed by atoms with Gasteiger partial charge in [-0.15, -0.1) is 11.3 Å². The fourth-order valence-electron chi connectivity index (χ4n) is 3.46. The van der Waals surface area contributed by atoms with Gasteiger partial charge in [0.05, 0.1) is 49.5 Å². The summed E-state index contributed by atoms with van der Waals surface area (Å²) in [6.07, 6.45) is 3.29. The maximum Gasteiger partial charge on any atom is 0.351 e. The van der Waals surface area contributed by atoms with Crippen molar-refractivity contribution in [3.63, 3.8) is 0 Å². The lowest BCUT2D eigenvalue weighted by Gasteiger charge is -2.09. The van der Waals surface area contributed by atoms with Crippen LogP contribution in [0.5, 0.6) is 11.5 Å². The number of thiophene rings is 1. The van der Waals surface area contributed by atoms with Gasteiger partial charge in [-0.2, -0.15) is 5.10 Å². The number of rotatable bonds is 9. The van der Waals surface area contributed by atoms with Gasteiger partial charge in [-0.1, -0.05) is 0 Å². The number of methoxy groups -OCH3 is 2. The summed E-state index contributed by atoms with van der Waals surface area (Å²) in [6.45, 7) is 3.25. The van der Waals surface area contributed by atoms with Crippen LogP contribution in [0.1, 0.15) is 16.6 Å². The fourth-order valence-corrected chi connectivity index (χ4v) is 4.45. The summed E-state index contributed by atoms with van der Waals surface area (Å²) in [5, 5.41) is 8.25. The molecular formula is C23H23FN4O4S. The first kappa shape index (κ1) is 22.5. The number of aromatic nitrogens is 3. The summed E-state index contributed by atoms with van der Waals surface area (Å²) in [6, 6.07) is 8.48. The van der Waals surface area contributed by atoms with Gasteiger partial charge in [-0.05, 0) is 31.2 Å². The van der Waals surface area contributed by atoms with Gasteiger partial charge in [0.15, 0.2) is 4.88 Å². The lowest BCUT2D eigenvalue weighted by atomic mass is 10.2. The number of ether oxygens (including phenoxy) is 3. The van der Waals surface area contributed by atoms with E-state index in [1.54, 1.807) is 36.3 Å². The maximum absolute atomic E-state index is 14.4. The standard InChI is InChI=1S/C23H23FN4O4S/c1-4-32-19-12-20(33-22(19)23(29)31-3)17-11-14(7-8-26-17)25-9-10-28-21-15(13-27-28)18(30-2)6-5-16(21)24/h5-8,11-13H,4,9-10H2,1-3H3,(H,25,26). The molecule has 8 nitrogen and oxygen atoms in total. The summed E-state index contributed by atoms with van der Waals surface area (Å²) < 4.78 is 31.7. The first-order valence-electron chi connectivity index (χ1n) is 10.3. The lowest BCUT2D eigenvalue weighted by molar-refractivity contribution is 0.0602. The molecule has 0 aliphatic carbocycles. The SMILES string of the molecule is CCOc1cc(-c2cc(NCCn3ncc4c(OC)ccc(F)c43)ccn2)sc1C(=O)OC. The molecule has 172 valence electrons. The summed E-state index contributed by atoms with van der Waals surface area (Å²) >= 11 is 1.26. The molecule has 0 saturated carbocycles. The number of nitrogens with one attached hydrogen (secondary N) is 1. The maximum atomic E-state index is 14.4. The Morgan fingerprint density at radius 3 is 2.82 bits per heavy atom. The van der Waals surface area contributed by atoms with Crippen molar-refractivity contribution in [3.8, 4) is 22.1 Å². The van der Waals surface area contributed by atoms with E-state index in [4.69, 9.17) is 14.2 Å². The minimum Gasteiger partial charge on any atom is -0.496 e. The molecule has 0 fully saturated rings. The van der Waals surface area contributed by atoms with Crippen molar-refractivity contribution in [2.75, 3.05) is 32.7 Å². The summed E-state index contributed by atoms with van der Waals surface area (Å²) in [5.41, 5.74) is 1.94. The van der Waals surface area contributed by atoms with Crippen molar-refractivity contribution in [1.82, 2.24) is 14.8 Å². The summed E-state index contributed by atoms with van der Waals surface area (Å²) in [4.78, 5) is 17.7. The number of anilines is 1. The second-order valence-corrected chi connectivity index (χ2v) is 8.02. The highest BCUT2D eigenvalue weighted by Crippen LogP contribution is 2.36. The van der Waals surface area contributed by atoms with Gasteiger partial charge in [-0.25, -0.2) is 9.18 Å². The minimum atomic E-state index is -0.445. The van der Waals surface area contributed by atoms with Crippen molar-refractivity contribution < 1.29 is 23.4 Å². The third-order valence-electron chi connectivity index (χ3n) is 4.97. The molecule has 0 spiro atoms. The van der Waals surface area contributed by atoms with Crippen LogP contribution in [0.4, 0.5) is 10.1 Å². The van der Waals surface area contributed by atoms with Gasteiger partial charge in [0, 0.05) is 24.5 Å². The second kappa shape index (κ2) is 9.86. The normalized spacial score (nSPS) is 10.9. The average Bonchev–Trinajstić information content (AvgIpc) is 3.45. The minimum absolute atomic E-state index is 0.348. The largest absolute Gasteiger partial charge is 0.496 e. The van der Waals surface area contributed by atoms with Crippen LogP contribution >= 0.6 is 11.3 Å². The van der Waals surface area contributed by atoms with E-state index in [1.165, 1.54) is 24.5 Å². The highest BCUT2D eigenvalue weighted by atomic mass is 32.1. The van der Waals surface area contributed by atoms with E-state index in [1.807, 2.05) is 19.1 Å². The van der Waals surface area contributed by atoms with Crippen LogP contribution in [0.15, 0.2) is 42.7 Å². The van der Waals surface area contributed by atoms with Gasteiger partial charge in [0.2, 0.25) is 0 Å². The monoisotopic (exact) mass is 470 g/mol. The molecule has 0 saturated heterocycles. The van der Waals surface area contributed by atoms with E-state index in [9.17, 15) is 9.18 Å². The summed E-state index contributed by atoms with van der Waals surface area (Å²) in [5.74, 6) is 0.267. The van der Waals surface area contributed by atoms with Crippen LogP contribution in [0.3, 0.4) is 0 Å². The van der Waals surface area contributed by atoms with Crippen LogP contribution in [0, 0.1) is 5.82 Å². The Balaban J connectivity index is 1.50. The van der Waals surface area contributed by atoms with E-state index in [-0.39, 0.29) is 5.82 Å². The van der Waals surface area contributed by atoms with Crippen molar-refractivity contribution in [2.45, 2.75) is 13.5 Å². The zero-order chi connectivity index (χ0) is 23.4. The smallest absolute Gasteiger partial charge is 0.351 e. The fraction of sp³-hybridized carbons (Fsp3) is 0.261. The van der Waals surface area contributed by atoms with Crippen LogP contribution < -0.4 is 14.8 Å². The van der Waals surface area contributed by atoms with Crippen LogP contribution in [0.25, 0.3) is 21.5 Å². The molecule has 3 heterocycles. The number of nitrogens with zero attached hydrogens (tertiary/aromatic N) is 3. The molecule has 33 heavy (non-hydrogen) atoms. The average molecular weight is 471 g/mol. The molecule has 4 aromatic rings. The van der Waals surface area contributed by atoms with Gasteiger partial charge >= 0.3 is 5.97 Å². The molecule has 0 bridgehead atoms. The summed E-state index contributed by atoms with van der Waals surface area (Å²) in [7, 11) is 2.89. The molecule has 10 heteroatoms. The molecule has 0 unspecified atom stereocenters. The quantitative estimate of drug-likeness (QED) is 0.358. The number of benzene rings is 1. The van der Waals surface area contributed by atoms with E-state index < -0.39 is 5.97 Å². The Kier molecular flexibility index (Phi) is 6.74. The van der Waals surface area contributed by atoms with Crippen molar-refractivity contribution in [2.24, 2.45) is 0 Å². The topological polar surface area (TPSA) is 87.5 Å². The number of hydrogen-bond donors (Lipinski definition) is 1. The third kappa shape index (κ3) is 4.61. The van der Waals surface area contributed by atoms with E-state index in [0.717, 1.165) is 10.6 Å². The number of halogens is 1. The Labute approximate surface area is 193 Å². The Morgan fingerprint density at radius 2 is 2.06 bits per heavy atom. The number of fused-ring (bicyclic) bond motifs is 1. The number of hydrogen-bond acceptors (Lipinski definition) is 8. The molecule has 1 aromatic carbocycles. The Bertz CT molecular complexity index is 1290. The molecule has 0 aliphatic rings. The van der Waals surface area contributed by atoms with Crippen molar-refractivity contribution in [3.05, 3.63) is 53.4 Å². The molecule has 1 N–H and O–H groups in total. The Morgan fingerprint density at radius 1 is 1.21 bits per heavy atom. The van der Waals surface area contributed by atoms with E-state index in [0.29, 0.717) is 52.7 Å². The number of pyridine rings is 1. The van der Waals surface area contributed by atoms with Crippen LogP contribution in [0.2, 0.25) is 0 Å². The molecule has 0 amide bonds. The first-order chi connectivity index (χ1) is 16.0. The van der Waals surface area contributed by atoms with Crippen LogP contribution in [-0.2, 0) is 11.3 Å². The third-order valence-corrected chi connectivity index (χ3v) is 6.08. The molecule has 0 atom stereocenters. The van der Waals surface area contributed by atoms with Gasteiger partial charge < -0.3 is 19.5 Å². The zero-order valence-electron chi connectivity index (χ0n) is 18.4. The van der Waals surface area contributed by atoms with Crippen molar-refractivity contribution in [1.29, 1.82) is 0 Å². The number of carbonyl (C=O) groups is 1. The molecule has 3 aromatic heterocycles. The van der Waals surface area contributed by atoms with Gasteiger partial charge in [0.1, 0.15) is 22.8 Å². The van der Waals surface area contributed by atoms with Gasteiger partial charge in [-0.3, -0.25) is 9.67 Å². The molecule has 0 aliphatic heterocycles. The Hall–Kier alpha value is -3.66. The van der Waals surface area contributed by atoms with E-state index in [2.05, 4.69) is 15.4 Å². The highest BCUT2D eigenvalue weighted by molar-refractivity contribution is 7.17. The van der Waals surface area contributed by atoms with Crippen molar-refractivity contribution >= 4 is 33.9 Å². The second-order valence-electron chi connectivity index (χ2n) is 6.96. The van der Waals surface area contributed by atoms with Gasteiger partial charge in [0.25, 0.3) is 0 Å².